The summed E-state index contributed by atoms with van der Waals surface area (Å²) in [5.41, 5.74) is 0.0774. The van der Waals surface area contributed by atoms with Crippen LogP contribution in [0.3, 0.4) is 0 Å². The van der Waals surface area contributed by atoms with Crippen LogP contribution in [0.4, 0.5) is 0 Å². The second kappa shape index (κ2) is 5.83. The van der Waals surface area contributed by atoms with Crippen LogP contribution in [0, 0.1) is 0 Å². The fraction of sp³-hybridized carbons (Fsp3) is 0.250. The Labute approximate surface area is 117 Å². The van der Waals surface area contributed by atoms with E-state index in [9.17, 15) is 4.79 Å². The number of rotatable bonds is 5. The van der Waals surface area contributed by atoms with Crippen LogP contribution < -0.4 is 4.74 Å². The smallest absolute Gasteiger partial charge is 0.339 e. The molecule has 2 aromatic rings. The summed E-state index contributed by atoms with van der Waals surface area (Å²) in [6.07, 6.45) is 0.641. The molecule has 100 valence electrons. The van der Waals surface area contributed by atoms with Crippen molar-refractivity contribution in [1.82, 2.24) is 10.1 Å². The van der Waals surface area contributed by atoms with Crippen LogP contribution in [0.25, 0.3) is 0 Å². The molecule has 0 aliphatic rings. The molecule has 0 saturated heterocycles. The Morgan fingerprint density at radius 2 is 2.32 bits per heavy atom. The van der Waals surface area contributed by atoms with Gasteiger partial charge in [0.05, 0.1) is 4.47 Å². The van der Waals surface area contributed by atoms with Crippen molar-refractivity contribution in [3.8, 4) is 5.75 Å². The first-order valence-corrected chi connectivity index (χ1v) is 6.37. The van der Waals surface area contributed by atoms with Crippen LogP contribution in [-0.2, 0) is 13.0 Å². The number of carboxylic acids is 1. The maximum Gasteiger partial charge on any atom is 0.339 e. The molecule has 0 fully saturated rings. The van der Waals surface area contributed by atoms with Crippen molar-refractivity contribution in [2.45, 2.75) is 20.0 Å². The number of carbonyl (C=O) groups is 1. The third-order valence-corrected chi connectivity index (χ3v) is 2.98. The highest BCUT2D eigenvalue weighted by atomic mass is 79.9. The van der Waals surface area contributed by atoms with E-state index in [1.165, 1.54) is 6.07 Å². The molecule has 1 heterocycles. The van der Waals surface area contributed by atoms with Crippen LogP contribution in [0.5, 0.6) is 5.75 Å². The highest BCUT2D eigenvalue weighted by Crippen LogP contribution is 2.29. The van der Waals surface area contributed by atoms with Crippen LogP contribution in [-0.4, -0.2) is 21.2 Å². The summed E-state index contributed by atoms with van der Waals surface area (Å²) in [6.45, 7) is 1.95. The second-order valence-electron chi connectivity index (χ2n) is 3.67. The van der Waals surface area contributed by atoms with E-state index in [1.807, 2.05) is 6.92 Å². The van der Waals surface area contributed by atoms with Gasteiger partial charge in [0, 0.05) is 6.42 Å². The van der Waals surface area contributed by atoms with Crippen molar-refractivity contribution in [3.05, 3.63) is 40.0 Å². The zero-order valence-corrected chi connectivity index (χ0v) is 11.7. The maximum atomic E-state index is 11.1. The van der Waals surface area contributed by atoms with E-state index >= 15 is 0 Å². The highest BCUT2D eigenvalue weighted by Gasteiger charge is 2.15. The third kappa shape index (κ3) is 3.11. The Morgan fingerprint density at radius 1 is 1.53 bits per heavy atom. The zero-order chi connectivity index (χ0) is 13.8. The number of nitrogens with zero attached hydrogens (tertiary/aromatic N) is 2. The van der Waals surface area contributed by atoms with E-state index in [-0.39, 0.29) is 17.9 Å². The summed E-state index contributed by atoms with van der Waals surface area (Å²) in [6, 6.07) is 4.80. The number of para-hydroxylation sites is 1. The summed E-state index contributed by atoms with van der Waals surface area (Å²) < 4.78 is 11.0. The summed E-state index contributed by atoms with van der Waals surface area (Å²) >= 11 is 3.26. The van der Waals surface area contributed by atoms with Crippen molar-refractivity contribution in [2.24, 2.45) is 0 Å². The van der Waals surface area contributed by atoms with E-state index in [1.54, 1.807) is 12.1 Å². The molecular formula is C12H11BrN2O4. The van der Waals surface area contributed by atoms with Crippen molar-refractivity contribution in [2.75, 3.05) is 0 Å². The Bertz CT molecular complexity index is 597. The van der Waals surface area contributed by atoms with Gasteiger partial charge < -0.3 is 14.4 Å². The molecule has 6 nitrogen and oxygen atoms in total. The first-order chi connectivity index (χ1) is 9.11. The van der Waals surface area contributed by atoms with Gasteiger partial charge in [0.1, 0.15) is 11.3 Å². The molecule has 0 spiro atoms. The number of benzene rings is 1. The van der Waals surface area contributed by atoms with E-state index in [4.69, 9.17) is 14.4 Å². The quantitative estimate of drug-likeness (QED) is 0.909. The van der Waals surface area contributed by atoms with Crippen LogP contribution in [0.2, 0.25) is 0 Å². The summed E-state index contributed by atoms with van der Waals surface area (Å²) in [5.74, 6) is 0.0876. The van der Waals surface area contributed by atoms with Crippen LogP contribution in [0.15, 0.2) is 27.2 Å². The molecule has 0 bridgehead atoms. The van der Waals surface area contributed by atoms with Gasteiger partial charge in [0.25, 0.3) is 0 Å². The predicted octanol–water partition coefficient (Wildman–Crippen LogP) is 2.67. The second-order valence-corrected chi connectivity index (χ2v) is 4.52. The fourth-order valence-corrected chi connectivity index (χ4v) is 1.93. The lowest BCUT2D eigenvalue weighted by Gasteiger charge is -2.08. The van der Waals surface area contributed by atoms with Gasteiger partial charge >= 0.3 is 5.97 Å². The lowest BCUT2D eigenvalue weighted by atomic mass is 10.2. The number of halogens is 1. The molecule has 0 saturated carbocycles. The minimum absolute atomic E-state index is 0.0480. The first kappa shape index (κ1) is 13.5. The molecule has 1 aromatic carbocycles. The summed E-state index contributed by atoms with van der Waals surface area (Å²) in [5, 5.41) is 12.8. The molecule has 0 amide bonds. The standard InChI is InChI=1S/C12H11BrN2O4/c1-2-10-14-9(15-19-10)6-18-11-7(12(16)17)4-3-5-8(11)13/h3-5H,2,6H2,1H3,(H,16,17). The Balaban J connectivity index is 2.17. The van der Waals surface area contributed by atoms with Gasteiger partial charge in [-0.1, -0.05) is 18.1 Å². The predicted molar refractivity (Wildman–Crippen MR) is 69.1 cm³/mol. The van der Waals surface area contributed by atoms with Crippen molar-refractivity contribution >= 4 is 21.9 Å². The molecule has 19 heavy (non-hydrogen) atoms. The average molecular weight is 327 g/mol. The monoisotopic (exact) mass is 326 g/mol. The molecule has 1 aromatic heterocycles. The molecule has 2 rings (SSSR count). The number of ether oxygens (including phenoxy) is 1. The number of aromatic nitrogens is 2. The molecule has 0 unspecified atom stereocenters. The lowest BCUT2D eigenvalue weighted by molar-refractivity contribution is 0.0691. The number of aryl methyl sites for hydroxylation is 1. The topological polar surface area (TPSA) is 85.5 Å². The van der Waals surface area contributed by atoms with Crippen LogP contribution in [0.1, 0.15) is 29.0 Å². The highest BCUT2D eigenvalue weighted by molar-refractivity contribution is 9.10. The molecule has 0 aliphatic carbocycles. The number of hydrogen-bond acceptors (Lipinski definition) is 5. The molecule has 0 aliphatic heterocycles. The minimum atomic E-state index is -1.06. The van der Waals surface area contributed by atoms with E-state index in [0.29, 0.717) is 22.6 Å². The normalized spacial score (nSPS) is 10.4. The summed E-state index contributed by atoms with van der Waals surface area (Å²) in [7, 11) is 0. The Kier molecular flexibility index (Phi) is 4.16. The van der Waals surface area contributed by atoms with Gasteiger partial charge in [0.15, 0.2) is 6.61 Å². The van der Waals surface area contributed by atoms with Crippen molar-refractivity contribution in [1.29, 1.82) is 0 Å². The van der Waals surface area contributed by atoms with Gasteiger partial charge in [-0.3, -0.25) is 0 Å². The van der Waals surface area contributed by atoms with Crippen LogP contribution >= 0.6 is 15.9 Å². The average Bonchev–Trinajstić information content (AvgIpc) is 2.85. The molecule has 1 N–H and O–H groups in total. The van der Waals surface area contributed by atoms with Gasteiger partial charge in [-0.2, -0.15) is 4.98 Å². The van der Waals surface area contributed by atoms with Crippen molar-refractivity contribution in [3.63, 3.8) is 0 Å². The van der Waals surface area contributed by atoms with Gasteiger partial charge in [0.2, 0.25) is 11.7 Å². The van der Waals surface area contributed by atoms with Gasteiger partial charge in [-0.05, 0) is 28.1 Å². The van der Waals surface area contributed by atoms with E-state index < -0.39 is 5.97 Å². The number of hydrogen-bond donors (Lipinski definition) is 1. The SMILES string of the molecule is CCc1nc(COc2c(Br)cccc2C(=O)O)no1. The lowest BCUT2D eigenvalue weighted by Crippen LogP contribution is -2.05. The molecule has 7 heteroatoms. The maximum absolute atomic E-state index is 11.1. The first-order valence-electron chi connectivity index (χ1n) is 5.58. The van der Waals surface area contributed by atoms with Gasteiger partial charge in [-0.25, -0.2) is 4.79 Å². The third-order valence-electron chi connectivity index (χ3n) is 2.36. The molecule has 0 atom stereocenters. The minimum Gasteiger partial charge on any atom is -0.483 e. The number of aromatic carboxylic acids is 1. The van der Waals surface area contributed by atoms with Crippen molar-refractivity contribution < 1.29 is 19.2 Å². The van der Waals surface area contributed by atoms with E-state index in [0.717, 1.165) is 0 Å². The summed E-state index contributed by atoms with van der Waals surface area (Å²) in [4.78, 5) is 15.2. The van der Waals surface area contributed by atoms with Gasteiger partial charge in [-0.15, -0.1) is 0 Å². The number of carboxylic acid groups (broad SMARTS) is 1. The molecule has 0 radical (unpaired) electrons. The Morgan fingerprint density at radius 3 is 2.95 bits per heavy atom. The van der Waals surface area contributed by atoms with E-state index in [2.05, 4.69) is 26.1 Å². The largest absolute Gasteiger partial charge is 0.483 e. The molecular weight excluding hydrogens is 316 g/mol. The fourth-order valence-electron chi connectivity index (χ4n) is 1.45. The zero-order valence-electron chi connectivity index (χ0n) is 10.1. The Hall–Kier alpha value is -1.89.